The van der Waals surface area contributed by atoms with Crippen molar-refractivity contribution in [1.82, 2.24) is 10.2 Å². The van der Waals surface area contributed by atoms with Crippen molar-refractivity contribution in [2.45, 2.75) is 58.6 Å². The van der Waals surface area contributed by atoms with Crippen LogP contribution >= 0.6 is 0 Å². The van der Waals surface area contributed by atoms with Crippen molar-refractivity contribution in [2.75, 3.05) is 13.1 Å². The maximum Gasteiger partial charge on any atom is 0.222 e. The number of rotatable bonds is 4. The first-order valence-corrected chi connectivity index (χ1v) is 9.62. The minimum Gasteiger partial charge on any atom is -0.391 e. The Morgan fingerprint density at radius 2 is 1.73 bits per heavy atom. The summed E-state index contributed by atoms with van der Waals surface area (Å²) < 4.78 is 0. The summed E-state index contributed by atoms with van der Waals surface area (Å²) in [7, 11) is 0. The van der Waals surface area contributed by atoms with Crippen molar-refractivity contribution in [2.24, 2.45) is 11.8 Å². The van der Waals surface area contributed by atoms with E-state index >= 15 is 0 Å². The summed E-state index contributed by atoms with van der Waals surface area (Å²) in [5.41, 5.74) is 3.68. The first kappa shape index (κ1) is 18.9. The van der Waals surface area contributed by atoms with Crippen LogP contribution in [0.2, 0.25) is 0 Å². The number of nitrogens with one attached hydrogen (secondary N) is 1. The van der Waals surface area contributed by atoms with Gasteiger partial charge in [0.25, 0.3) is 0 Å². The maximum absolute atomic E-state index is 12.7. The summed E-state index contributed by atoms with van der Waals surface area (Å²) in [5.74, 6) is 0.816. The smallest absolute Gasteiger partial charge is 0.222 e. The molecule has 5 nitrogen and oxygen atoms in total. The molecule has 2 N–H and O–H groups in total. The van der Waals surface area contributed by atoms with Gasteiger partial charge in [-0.15, -0.1) is 0 Å². The van der Waals surface area contributed by atoms with Gasteiger partial charge in [-0.05, 0) is 50.5 Å². The van der Waals surface area contributed by atoms with Crippen LogP contribution in [-0.2, 0) is 16.0 Å². The van der Waals surface area contributed by atoms with Crippen LogP contribution in [0.1, 0.15) is 42.9 Å². The predicted octanol–water partition coefficient (Wildman–Crippen LogP) is 1.97. The Balaban J connectivity index is 1.54. The van der Waals surface area contributed by atoms with Gasteiger partial charge in [0.05, 0.1) is 12.1 Å². The fourth-order valence-electron chi connectivity index (χ4n) is 4.67. The lowest BCUT2D eigenvalue weighted by Crippen LogP contribution is -2.48. The Hall–Kier alpha value is -1.88. The molecule has 2 aliphatic rings. The van der Waals surface area contributed by atoms with Crippen LogP contribution in [-0.4, -0.2) is 47.1 Å². The number of hydrogen-bond donors (Lipinski definition) is 2. The highest BCUT2D eigenvalue weighted by Gasteiger charge is 2.42. The highest BCUT2D eigenvalue weighted by atomic mass is 16.3. The number of amides is 2. The molecule has 0 bridgehead atoms. The number of carbonyl (C=O) groups is 2. The van der Waals surface area contributed by atoms with Gasteiger partial charge in [0, 0.05) is 26.4 Å². The van der Waals surface area contributed by atoms with Crippen LogP contribution in [0.5, 0.6) is 0 Å². The molecule has 0 aromatic heterocycles. The summed E-state index contributed by atoms with van der Waals surface area (Å²) >= 11 is 0. The molecule has 5 heteroatoms. The monoisotopic (exact) mass is 358 g/mol. The zero-order valence-corrected chi connectivity index (χ0v) is 16.0. The molecular formula is C21H30N2O3. The zero-order chi connectivity index (χ0) is 18.8. The van der Waals surface area contributed by atoms with E-state index in [9.17, 15) is 14.7 Å². The van der Waals surface area contributed by atoms with Crippen molar-refractivity contribution in [3.05, 3.63) is 34.9 Å². The van der Waals surface area contributed by atoms with E-state index in [-0.39, 0.29) is 17.9 Å². The summed E-state index contributed by atoms with van der Waals surface area (Å²) in [6.07, 6.45) is 2.21. The molecule has 1 saturated carbocycles. The highest BCUT2D eigenvalue weighted by Crippen LogP contribution is 2.36. The Morgan fingerprint density at radius 1 is 1.12 bits per heavy atom. The van der Waals surface area contributed by atoms with Gasteiger partial charge in [0.15, 0.2) is 0 Å². The summed E-state index contributed by atoms with van der Waals surface area (Å²) in [4.78, 5) is 25.9. The predicted molar refractivity (Wildman–Crippen MR) is 101 cm³/mol. The molecule has 4 atom stereocenters. The number of carbonyl (C=O) groups excluding carboxylic acids is 2. The summed E-state index contributed by atoms with van der Waals surface area (Å²) in [6, 6.07) is 6.27. The lowest BCUT2D eigenvalue weighted by molar-refractivity contribution is -0.130. The van der Waals surface area contributed by atoms with Crippen LogP contribution in [0.4, 0.5) is 0 Å². The molecule has 1 aromatic rings. The topological polar surface area (TPSA) is 69.6 Å². The largest absolute Gasteiger partial charge is 0.391 e. The van der Waals surface area contributed by atoms with E-state index in [0.717, 1.165) is 25.9 Å². The minimum atomic E-state index is -0.509. The van der Waals surface area contributed by atoms with Crippen LogP contribution in [0.3, 0.4) is 0 Å². The molecule has 0 unspecified atom stereocenters. The number of aliphatic hydroxyl groups excluding tert-OH is 1. The van der Waals surface area contributed by atoms with Gasteiger partial charge in [-0.2, -0.15) is 0 Å². The maximum atomic E-state index is 12.7. The number of aliphatic hydroxyl groups is 1. The van der Waals surface area contributed by atoms with Crippen molar-refractivity contribution in [1.29, 1.82) is 0 Å². The first-order chi connectivity index (χ1) is 12.3. The lowest BCUT2D eigenvalue weighted by Gasteiger charge is -2.35. The third kappa shape index (κ3) is 4.44. The molecule has 2 fully saturated rings. The Morgan fingerprint density at radius 3 is 2.35 bits per heavy atom. The quantitative estimate of drug-likeness (QED) is 0.865. The number of hydrogen-bond acceptors (Lipinski definition) is 3. The molecule has 0 spiro atoms. The Kier molecular flexibility index (Phi) is 5.66. The van der Waals surface area contributed by atoms with E-state index in [1.54, 1.807) is 0 Å². The fourth-order valence-corrected chi connectivity index (χ4v) is 4.67. The second-order valence-electron chi connectivity index (χ2n) is 8.16. The van der Waals surface area contributed by atoms with E-state index in [1.807, 2.05) is 4.90 Å². The van der Waals surface area contributed by atoms with Crippen molar-refractivity contribution >= 4 is 11.8 Å². The molecule has 1 heterocycles. The third-order valence-electron chi connectivity index (χ3n) is 5.79. The van der Waals surface area contributed by atoms with Crippen LogP contribution < -0.4 is 5.32 Å². The average Bonchev–Trinajstić information content (AvgIpc) is 2.94. The average molecular weight is 358 g/mol. The Labute approximate surface area is 155 Å². The molecule has 1 saturated heterocycles. The van der Waals surface area contributed by atoms with Gasteiger partial charge in [0.2, 0.25) is 11.8 Å². The van der Waals surface area contributed by atoms with E-state index < -0.39 is 6.10 Å². The second kappa shape index (κ2) is 7.78. The van der Waals surface area contributed by atoms with E-state index in [0.29, 0.717) is 24.7 Å². The lowest BCUT2D eigenvalue weighted by atomic mass is 9.77. The van der Waals surface area contributed by atoms with Gasteiger partial charge in [-0.25, -0.2) is 0 Å². The first-order valence-electron chi connectivity index (χ1n) is 9.62. The van der Waals surface area contributed by atoms with Gasteiger partial charge >= 0.3 is 0 Å². The number of benzene rings is 1. The van der Waals surface area contributed by atoms with Crippen molar-refractivity contribution < 1.29 is 14.7 Å². The number of fused-ring (bicyclic) bond motifs is 1. The second-order valence-corrected chi connectivity index (χ2v) is 8.16. The Bertz CT molecular complexity index is 668. The van der Waals surface area contributed by atoms with Crippen LogP contribution in [0.15, 0.2) is 18.2 Å². The molecule has 2 amide bonds. The van der Waals surface area contributed by atoms with E-state index in [4.69, 9.17) is 0 Å². The molecule has 0 radical (unpaired) electrons. The number of likely N-dealkylation sites (tertiary alicyclic amines) is 1. The SMILES string of the molecule is CC(=O)N[C@@H]1C[C@@H]2CN(C(=O)CCc3cc(C)cc(C)c3)C[C@@H]2C[C@H]1O. The highest BCUT2D eigenvalue weighted by molar-refractivity contribution is 5.77. The number of aryl methyl sites for hydroxylation is 3. The minimum absolute atomic E-state index is 0.105. The standard InChI is InChI=1S/C21H30N2O3/c1-13-6-14(2)8-16(7-13)4-5-21(26)23-11-17-9-19(22-15(3)24)20(25)10-18(17)12-23/h6-8,17-20,25H,4-5,9-12H2,1-3H3,(H,22,24)/t17-,18+,19-,20-/m1/s1. The molecule has 1 aliphatic heterocycles. The van der Waals surface area contributed by atoms with Gasteiger partial charge in [0.1, 0.15) is 0 Å². The van der Waals surface area contributed by atoms with Crippen LogP contribution in [0.25, 0.3) is 0 Å². The van der Waals surface area contributed by atoms with E-state index in [2.05, 4.69) is 37.4 Å². The van der Waals surface area contributed by atoms with Gasteiger partial charge < -0.3 is 15.3 Å². The molecule has 3 rings (SSSR count). The van der Waals surface area contributed by atoms with Crippen molar-refractivity contribution in [3.8, 4) is 0 Å². The molecular weight excluding hydrogens is 328 g/mol. The molecule has 1 aromatic carbocycles. The zero-order valence-electron chi connectivity index (χ0n) is 16.0. The molecule has 1 aliphatic carbocycles. The molecule has 142 valence electrons. The van der Waals surface area contributed by atoms with Gasteiger partial charge in [-0.1, -0.05) is 29.3 Å². The third-order valence-corrected chi connectivity index (χ3v) is 5.79. The number of nitrogens with zero attached hydrogens (tertiary/aromatic N) is 1. The van der Waals surface area contributed by atoms with Crippen molar-refractivity contribution in [3.63, 3.8) is 0 Å². The van der Waals surface area contributed by atoms with Crippen LogP contribution in [0, 0.1) is 25.7 Å². The van der Waals surface area contributed by atoms with Gasteiger partial charge in [-0.3, -0.25) is 9.59 Å². The fraction of sp³-hybridized carbons (Fsp3) is 0.619. The molecule has 26 heavy (non-hydrogen) atoms. The summed E-state index contributed by atoms with van der Waals surface area (Å²) in [5, 5.41) is 13.1. The van der Waals surface area contributed by atoms with E-state index in [1.165, 1.54) is 23.6 Å². The normalized spacial score (nSPS) is 27.9. The summed E-state index contributed by atoms with van der Waals surface area (Å²) in [6.45, 7) is 7.14.